The number of rotatable bonds is 7. The first-order valence-corrected chi connectivity index (χ1v) is 12.0. The Balaban J connectivity index is 0.000000260. The van der Waals surface area contributed by atoms with Gasteiger partial charge >= 0.3 is 11.2 Å². The molecule has 0 saturated heterocycles. The highest BCUT2D eigenvalue weighted by Crippen LogP contribution is 2.40. The van der Waals surface area contributed by atoms with Crippen molar-refractivity contribution < 1.29 is 40.0 Å². The van der Waals surface area contributed by atoms with Crippen molar-refractivity contribution in [2.24, 2.45) is 0 Å². The molecule has 3 aromatic carbocycles. The maximum atomic E-state index is 13.2. The fourth-order valence-electron chi connectivity index (χ4n) is 2.56. The van der Waals surface area contributed by atoms with E-state index in [1.54, 1.807) is 0 Å². The predicted molar refractivity (Wildman–Crippen MR) is 113 cm³/mol. The fraction of sp³-hybridized carbons (Fsp3) is 0.182. The van der Waals surface area contributed by atoms with E-state index in [4.69, 9.17) is 5.11 Å². The van der Waals surface area contributed by atoms with E-state index in [2.05, 4.69) is 24.3 Å². The third kappa shape index (κ3) is 6.76. The first-order chi connectivity index (χ1) is 15.4. The third-order valence-electron chi connectivity index (χ3n) is 4.17. The molecule has 0 radical (unpaired) electrons. The lowest BCUT2D eigenvalue weighted by Gasteiger charge is -2.27. The molecule has 0 unspecified atom stereocenters. The molecule has 0 aliphatic carbocycles. The largest absolute Gasteiger partial charge is 0.743 e. The fourth-order valence-corrected chi connectivity index (χ4v) is 5.11. The monoisotopic (exact) mass is 506 g/mol. The van der Waals surface area contributed by atoms with E-state index in [1.165, 1.54) is 21.9 Å². The van der Waals surface area contributed by atoms with Crippen molar-refractivity contribution in [2.45, 2.75) is 32.3 Å². The van der Waals surface area contributed by atoms with Crippen molar-refractivity contribution >= 4 is 21.0 Å². The zero-order valence-electron chi connectivity index (χ0n) is 16.9. The number of alkyl halides is 4. The molecule has 0 fully saturated rings. The van der Waals surface area contributed by atoms with E-state index >= 15 is 0 Å². The number of halogens is 5. The molecule has 1 N–H and O–H groups in total. The van der Waals surface area contributed by atoms with Gasteiger partial charge in [0.15, 0.2) is 24.8 Å². The van der Waals surface area contributed by atoms with Gasteiger partial charge in [-0.25, -0.2) is 12.8 Å². The molecule has 3 rings (SSSR count). The van der Waals surface area contributed by atoms with Crippen molar-refractivity contribution in [3.05, 3.63) is 90.7 Å². The Labute approximate surface area is 190 Å². The quantitative estimate of drug-likeness (QED) is 0.276. The van der Waals surface area contributed by atoms with Gasteiger partial charge in [0.05, 0.1) is 10.9 Å². The summed E-state index contributed by atoms with van der Waals surface area (Å²) in [6, 6.07) is 27.5. The van der Waals surface area contributed by atoms with Crippen LogP contribution in [0.3, 0.4) is 0 Å². The van der Waals surface area contributed by atoms with Gasteiger partial charge in [-0.05, 0) is 48.5 Å². The van der Waals surface area contributed by atoms with Crippen LogP contribution in [0.4, 0.5) is 22.0 Å². The van der Waals surface area contributed by atoms with Gasteiger partial charge in [0.1, 0.15) is 5.82 Å². The summed E-state index contributed by atoms with van der Waals surface area (Å²) < 4.78 is 91.0. The Hall–Kier alpha value is -2.47. The van der Waals surface area contributed by atoms with Gasteiger partial charge in [-0.2, -0.15) is 17.6 Å². The van der Waals surface area contributed by atoms with Gasteiger partial charge in [0.2, 0.25) is 0 Å². The van der Waals surface area contributed by atoms with E-state index in [0.29, 0.717) is 0 Å². The SMILES string of the molecule is Fc1ccc([S+](c2ccccc2)c2ccccc2)cc1.O=S(=O)([O-])C(F)(F)C(F)(F)CCO. The van der Waals surface area contributed by atoms with Crippen LogP contribution in [0, 0.1) is 5.82 Å². The second-order valence-corrected chi connectivity index (χ2v) is 9.98. The second-order valence-electron chi connectivity index (χ2n) is 6.54. The summed E-state index contributed by atoms with van der Waals surface area (Å²) in [6.07, 6.45) is -1.79. The molecule has 0 heterocycles. The molecular weight excluding hydrogens is 487 g/mol. The van der Waals surface area contributed by atoms with Crippen LogP contribution in [0.2, 0.25) is 0 Å². The number of aliphatic hydroxyl groups is 1. The molecule has 3 aromatic rings. The van der Waals surface area contributed by atoms with Crippen LogP contribution in [0.5, 0.6) is 0 Å². The molecule has 0 aliphatic rings. The number of benzene rings is 3. The summed E-state index contributed by atoms with van der Waals surface area (Å²) in [4.78, 5) is 3.61. The summed E-state index contributed by atoms with van der Waals surface area (Å²) in [7, 11) is -6.62. The van der Waals surface area contributed by atoms with Crippen molar-refractivity contribution in [1.29, 1.82) is 0 Å². The maximum Gasteiger partial charge on any atom is 0.396 e. The van der Waals surface area contributed by atoms with E-state index < -0.39 is 34.3 Å². The summed E-state index contributed by atoms with van der Waals surface area (Å²) in [5.41, 5.74) is 0. The third-order valence-corrected chi connectivity index (χ3v) is 7.33. The highest BCUT2D eigenvalue weighted by molar-refractivity contribution is 7.97. The lowest BCUT2D eigenvalue weighted by Crippen LogP contribution is -2.47. The standard InChI is InChI=1S/C18H14FS.C4H6F4O4S/c19-15-11-13-18(14-12-15)20(16-7-3-1-4-8-16)17-9-5-2-6-10-17;5-3(6,1-2-9)4(7,8)13(10,11)12/h1-14H;9H,1-2H2,(H,10,11,12)/q+1;/p-1. The predicted octanol–water partition coefficient (Wildman–Crippen LogP) is 5.06. The van der Waals surface area contributed by atoms with Gasteiger partial charge in [-0.3, -0.25) is 0 Å². The van der Waals surface area contributed by atoms with Crippen LogP contribution in [0.15, 0.2) is 99.6 Å². The maximum absolute atomic E-state index is 13.2. The van der Waals surface area contributed by atoms with Crippen LogP contribution in [-0.2, 0) is 21.0 Å². The lowest BCUT2D eigenvalue weighted by molar-refractivity contribution is -0.168. The minimum Gasteiger partial charge on any atom is -0.743 e. The molecule has 33 heavy (non-hydrogen) atoms. The number of hydrogen-bond acceptors (Lipinski definition) is 4. The van der Waals surface area contributed by atoms with Crippen molar-refractivity contribution in [3.63, 3.8) is 0 Å². The molecule has 0 spiro atoms. The number of aliphatic hydroxyl groups excluding tert-OH is 1. The summed E-state index contributed by atoms with van der Waals surface area (Å²) >= 11 is 0. The summed E-state index contributed by atoms with van der Waals surface area (Å²) in [6.45, 7) is -1.35. The molecule has 0 amide bonds. The van der Waals surface area contributed by atoms with Crippen LogP contribution in [0.25, 0.3) is 0 Å². The van der Waals surface area contributed by atoms with Crippen molar-refractivity contribution in [3.8, 4) is 0 Å². The number of hydrogen-bond donors (Lipinski definition) is 1. The Bertz CT molecular complexity index is 1070. The zero-order chi connectivity index (χ0) is 24.7. The molecule has 0 aliphatic heterocycles. The summed E-state index contributed by atoms with van der Waals surface area (Å²) in [5, 5.41) is 2.23. The van der Waals surface area contributed by atoms with Crippen LogP contribution in [-0.4, -0.2) is 35.9 Å². The molecular formula is C22H19F5O4S2. The topological polar surface area (TPSA) is 77.4 Å². The smallest absolute Gasteiger partial charge is 0.396 e. The van der Waals surface area contributed by atoms with Gasteiger partial charge in [-0.15, -0.1) is 0 Å². The van der Waals surface area contributed by atoms with Crippen LogP contribution in [0.1, 0.15) is 6.42 Å². The molecule has 4 nitrogen and oxygen atoms in total. The van der Waals surface area contributed by atoms with Crippen LogP contribution < -0.4 is 0 Å². The minimum atomic E-state index is -6.43. The van der Waals surface area contributed by atoms with Crippen molar-refractivity contribution in [2.75, 3.05) is 6.61 Å². The first-order valence-electron chi connectivity index (χ1n) is 9.32. The Morgan fingerprint density at radius 1 is 0.758 bits per heavy atom. The Morgan fingerprint density at radius 2 is 1.15 bits per heavy atom. The normalized spacial score (nSPS) is 12.2. The van der Waals surface area contributed by atoms with Crippen molar-refractivity contribution in [1.82, 2.24) is 0 Å². The Kier molecular flexibility index (Phi) is 9.01. The lowest BCUT2D eigenvalue weighted by atomic mass is 10.2. The average Bonchev–Trinajstić information content (AvgIpc) is 2.76. The van der Waals surface area contributed by atoms with Crippen LogP contribution >= 0.6 is 0 Å². The molecule has 0 aromatic heterocycles. The second kappa shape index (κ2) is 11.1. The van der Waals surface area contributed by atoms with E-state index in [9.17, 15) is 34.9 Å². The minimum absolute atomic E-state index is 0.190. The van der Waals surface area contributed by atoms with Gasteiger partial charge in [-0.1, -0.05) is 36.4 Å². The molecule has 0 atom stereocenters. The van der Waals surface area contributed by atoms with Gasteiger partial charge < -0.3 is 9.66 Å². The highest BCUT2D eigenvalue weighted by atomic mass is 32.2. The van der Waals surface area contributed by atoms with E-state index in [-0.39, 0.29) is 16.7 Å². The summed E-state index contributed by atoms with van der Waals surface area (Å²) in [5.74, 6) is -5.25. The molecule has 178 valence electrons. The van der Waals surface area contributed by atoms with Gasteiger partial charge in [0, 0.05) is 13.0 Å². The Morgan fingerprint density at radius 3 is 1.52 bits per heavy atom. The zero-order valence-corrected chi connectivity index (χ0v) is 18.5. The molecule has 0 saturated carbocycles. The van der Waals surface area contributed by atoms with Gasteiger partial charge in [0.25, 0.3) is 0 Å². The first kappa shape index (κ1) is 26.8. The highest BCUT2D eigenvalue weighted by Gasteiger charge is 2.60. The van der Waals surface area contributed by atoms with E-state index in [1.807, 2.05) is 48.5 Å². The molecule has 0 bridgehead atoms. The van der Waals surface area contributed by atoms with E-state index in [0.717, 1.165) is 4.90 Å². The molecule has 11 heteroatoms. The average molecular weight is 507 g/mol.